The number of hydrogen-bond donors (Lipinski definition) is 2. The molecule has 1 rings (SSSR count). The molecule has 4 nitrogen and oxygen atoms in total. The number of amides is 1. The molecule has 58 valence electrons. The van der Waals surface area contributed by atoms with Crippen molar-refractivity contribution in [2.45, 2.75) is 12.5 Å². The number of carbonyl (C=O) groups excluding carboxylic acids is 1. The molecule has 0 aromatic rings. The number of ether oxygens (including phenoxy) is 1. The molecule has 10 heavy (non-hydrogen) atoms. The number of nitrogens with one attached hydrogen (secondary N) is 2. The molecule has 1 heterocycles. The summed E-state index contributed by atoms with van der Waals surface area (Å²) in [7, 11) is 1.37. The lowest BCUT2D eigenvalue weighted by atomic mass is 10.3. The summed E-state index contributed by atoms with van der Waals surface area (Å²) in [6, 6.07) is 0.257. The molecule has 0 spiro atoms. The van der Waals surface area contributed by atoms with E-state index in [-0.39, 0.29) is 12.1 Å². The molecule has 4 heteroatoms. The highest BCUT2D eigenvalue weighted by Crippen LogP contribution is 1.96. The summed E-state index contributed by atoms with van der Waals surface area (Å²) in [5.41, 5.74) is 0. The minimum atomic E-state index is -0.339. The topological polar surface area (TPSA) is 50.4 Å². The van der Waals surface area contributed by atoms with Crippen LogP contribution >= 0.6 is 0 Å². The summed E-state index contributed by atoms with van der Waals surface area (Å²) >= 11 is 0. The van der Waals surface area contributed by atoms with Crippen LogP contribution in [-0.2, 0) is 4.74 Å². The van der Waals surface area contributed by atoms with Crippen LogP contribution in [-0.4, -0.2) is 32.3 Å². The molecule has 0 aliphatic carbocycles. The van der Waals surface area contributed by atoms with Crippen LogP contribution in [0.1, 0.15) is 6.42 Å². The van der Waals surface area contributed by atoms with Gasteiger partial charge in [-0.15, -0.1) is 0 Å². The van der Waals surface area contributed by atoms with Crippen LogP contribution in [0.4, 0.5) is 4.79 Å². The first kappa shape index (κ1) is 7.34. The van der Waals surface area contributed by atoms with Crippen molar-refractivity contribution < 1.29 is 9.53 Å². The molecule has 1 atom stereocenters. The van der Waals surface area contributed by atoms with E-state index in [0.717, 1.165) is 19.5 Å². The van der Waals surface area contributed by atoms with Crippen molar-refractivity contribution >= 4 is 6.09 Å². The Bertz CT molecular complexity index is 121. The van der Waals surface area contributed by atoms with Gasteiger partial charge in [-0.3, -0.25) is 0 Å². The Morgan fingerprint density at radius 1 is 1.80 bits per heavy atom. The highest BCUT2D eigenvalue weighted by Gasteiger charge is 2.15. The van der Waals surface area contributed by atoms with Crippen LogP contribution in [0.15, 0.2) is 0 Å². The van der Waals surface area contributed by atoms with E-state index in [1.54, 1.807) is 0 Å². The minimum absolute atomic E-state index is 0.257. The lowest BCUT2D eigenvalue weighted by Crippen LogP contribution is -2.35. The number of carbonyl (C=O) groups is 1. The zero-order valence-corrected chi connectivity index (χ0v) is 6.02. The van der Waals surface area contributed by atoms with Gasteiger partial charge in [-0.1, -0.05) is 0 Å². The van der Waals surface area contributed by atoms with Gasteiger partial charge < -0.3 is 15.4 Å². The van der Waals surface area contributed by atoms with Gasteiger partial charge in [0, 0.05) is 12.6 Å². The SMILES string of the molecule is COC(=O)NC1CCNC1. The highest BCUT2D eigenvalue weighted by molar-refractivity contribution is 5.67. The molecule has 1 aliphatic rings. The first-order chi connectivity index (χ1) is 4.83. The largest absolute Gasteiger partial charge is 0.453 e. The maximum Gasteiger partial charge on any atom is 0.407 e. The zero-order valence-electron chi connectivity index (χ0n) is 6.02. The highest BCUT2D eigenvalue weighted by atomic mass is 16.5. The van der Waals surface area contributed by atoms with Crippen LogP contribution in [0.25, 0.3) is 0 Å². The predicted molar refractivity (Wildman–Crippen MR) is 36.8 cm³/mol. The van der Waals surface area contributed by atoms with Crippen molar-refractivity contribution in [1.29, 1.82) is 0 Å². The van der Waals surface area contributed by atoms with E-state index in [1.807, 2.05) is 0 Å². The summed E-state index contributed by atoms with van der Waals surface area (Å²) < 4.78 is 4.43. The van der Waals surface area contributed by atoms with E-state index < -0.39 is 0 Å². The summed E-state index contributed by atoms with van der Waals surface area (Å²) in [5, 5.41) is 5.84. The maximum atomic E-state index is 10.6. The van der Waals surface area contributed by atoms with Gasteiger partial charge in [-0.05, 0) is 13.0 Å². The van der Waals surface area contributed by atoms with Gasteiger partial charge in [-0.25, -0.2) is 4.79 Å². The van der Waals surface area contributed by atoms with Gasteiger partial charge in [0.05, 0.1) is 7.11 Å². The third-order valence-corrected chi connectivity index (χ3v) is 1.57. The summed E-state index contributed by atoms with van der Waals surface area (Å²) in [6.45, 7) is 1.84. The third kappa shape index (κ3) is 1.88. The van der Waals surface area contributed by atoms with Crippen LogP contribution in [0.2, 0.25) is 0 Å². The lowest BCUT2D eigenvalue weighted by Gasteiger charge is -2.08. The van der Waals surface area contributed by atoms with Crippen LogP contribution in [0.5, 0.6) is 0 Å². The molecule has 0 saturated carbocycles. The molecule has 0 bridgehead atoms. The van der Waals surface area contributed by atoms with Crippen molar-refractivity contribution in [3.05, 3.63) is 0 Å². The van der Waals surface area contributed by atoms with E-state index in [1.165, 1.54) is 7.11 Å². The van der Waals surface area contributed by atoms with Crippen LogP contribution in [0, 0.1) is 0 Å². The second kappa shape index (κ2) is 3.41. The quantitative estimate of drug-likeness (QED) is 0.531. The number of rotatable bonds is 1. The first-order valence-corrected chi connectivity index (χ1v) is 3.38. The maximum absolute atomic E-state index is 10.6. The van der Waals surface area contributed by atoms with Gasteiger partial charge >= 0.3 is 6.09 Å². The molecule has 1 unspecified atom stereocenters. The summed E-state index contributed by atoms with van der Waals surface area (Å²) in [4.78, 5) is 10.6. The molecule has 0 aromatic carbocycles. The van der Waals surface area contributed by atoms with Crippen molar-refractivity contribution in [3.63, 3.8) is 0 Å². The van der Waals surface area contributed by atoms with Gasteiger partial charge in [-0.2, -0.15) is 0 Å². The van der Waals surface area contributed by atoms with E-state index in [9.17, 15) is 4.79 Å². The van der Waals surface area contributed by atoms with Crippen molar-refractivity contribution in [2.24, 2.45) is 0 Å². The fourth-order valence-corrected chi connectivity index (χ4v) is 1.00. The Kier molecular flexibility index (Phi) is 2.50. The van der Waals surface area contributed by atoms with E-state index in [4.69, 9.17) is 0 Å². The van der Waals surface area contributed by atoms with Crippen molar-refractivity contribution in [1.82, 2.24) is 10.6 Å². The molecular formula is C6H12N2O2. The Balaban J connectivity index is 2.17. The van der Waals surface area contributed by atoms with Gasteiger partial charge in [0.15, 0.2) is 0 Å². The summed E-state index contributed by atoms with van der Waals surface area (Å²) in [6.07, 6.45) is 0.656. The average Bonchev–Trinajstić information content (AvgIpc) is 2.40. The second-order valence-corrected chi connectivity index (χ2v) is 2.33. The van der Waals surface area contributed by atoms with E-state index in [0.29, 0.717) is 0 Å². The van der Waals surface area contributed by atoms with Gasteiger partial charge in [0.25, 0.3) is 0 Å². The van der Waals surface area contributed by atoms with Crippen molar-refractivity contribution in [3.8, 4) is 0 Å². The van der Waals surface area contributed by atoms with Crippen LogP contribution < -0.4 is 10.6 Å². The number of methoxy groups -OCH3 is 1. The molecule has 0 aromatic heterocycles. The number of alkyl carbamates (subject to hydrolysis) is 1. The minimum Gasteiger partial charge on any atom is -0.453 e. The van der Waals surface area contributed by atoms with Crippen LogP contribution in [0.3, 0.4) is 0 Å². The Morgan fingerprint density at radius 2 is 2.60 bits per heavy atom. The first-order valence-electron chi connectivity index (χ1n) is 3.38. The summed E-state index contributed by atoms with van der Waals surface area (Å²) in [5.74, 6) is 0. The van der Waals surface area contributed by atoms with Gasteiger partial charge in [0.1, 0.15) is 0 Å². The van der Waals surface area contributed by atoms with Crippen molar-refractivity contribution in [2.75, 3.05) is 20.2 Å². The second-order valence-electron chi connectivity index (χ2n) is 2.33. The average molecular weight is 144 g/mol. The monoisotopic (exact) mass is 144 g/mol. The fourth-order valence-electron chi connectivity index (χ4n) is 1.00. The van der Waals surface area contributed by atoms with Gasteiger partial charge in [0.2, 0.25) is 0 Å². The standard InChI is InChI=1S/C6H12N2O2/c1-10-6(9)8-5-2-3-7-4-5/h5,7H,2-4H2,1H3,(H,8,9). The molecule has 0 radical (unpaired) electrons. The Labute approximate surface area is 59.9 Å². The number of hydrogen-bond acceptors (Lipinski definition) is 3. The molecule has 1 aliphatic heterocycles. The third-order valence-electron chi connectivity index (χ3n) is 1.57. The smallest absolute Gasteiger partial charge is 0.407 e. The molecular weight excluding hydrogens is 132 g/mol. The fraction of sp³-hybridized carbons (Fsp3) is 0.833. The van der Waals surface area contributed by atoms with E-state index in [2.05, 4.69) is 15.4 Å². The predicted octanol–water partition coefficient (Wildman–Crippen LogP) is -0.296. The Morgan fingerprint density at radius 3 is 3.10 bits per heavy atom. The zero-order chi connectivity index (χ0) is 7.40. The molecule has 1 saturated heterocycles. The lowest BCUT2D eigenvalue weighted by molar-refractivity contribution is 0.167. The molecule has 2 N–H and O–H groups in total. The molecule has 1 amide bonds. The van der Waals surface area contributed by atoms with E-state index >= 15 is 0 Å². The molecule has 1 fully saturated rings. The normalized spacial score (nSPS) is 24.3. The Hall–Kier alpha value is -0.770.